The normalized spacial score (nSPS) is 10.3. The molecule has 0 saturated heterocycles. The zero-order valence-electron chi connectivity index (χ0n) is 7.74. The zero-order chi connectivity index (χ0) is 9.26. The number of hydrogen-bond acceptors (Lipinski definition) is 2. The zero-order valence-corrected chi connectivity index (χ0v) is 7.74. The van der Waals surface area contributed by atoms with Gasteiger partial charge in [-0.2, -0.15) is 0 Å². The topological polar surface area (TPSA) is 26.0 Å². The monoisotopic (exact) mass is 173 g/mol. The molecule has 2 nitrogen and oxygen atoms in total. The predicted molar refractivity (Wildman–Crippen MR) is 51.4 cm³/mol. The number of aryl methyl sites for hydroxylation is 2. The Morgan fingerprint density at radius 2 is 1.92 bits per heavy atom. The lowest BCUT2D eigenvalue weighted by Gasteiger charge is -1.96. The summed E-state index contributed by atoms with van der Waals surface area (Å²) in [6.45, 7) is 3.90. The lowest BCUT2D eigenvalue weighted by atomic mass is 10.2. The van der Waals surface area contributed by atoms with Crippen LogP contribution in [0.5, 0.6) is 0 Å². The van der Waals surface area contributed by atoms with E-state index in [-0.39, 0.29) is 0 Å². The van der Waals surface area contributed by atoms with E-state index in [0.717, 1.165) is 22.9 Å². The fraction of sp³-hybridized carbons (Fsp3) is 0.182. The highest BCUT2D eigenvalue weighted by molar-refractivity contribution is 5.52. The van der Waals surface area contributed by atoms with Gasteiger partial charge in [0, 0.05) is 5.69 Å². The molecule has 0 saturated carbocycles. The van der Waals surface area contributed by atoms with Crippen LogP contribution in [0.15, 0.2) is 34.7 Å². The van der Waals surface area contributed by atoms with Gasteiger partial charge < -0.3 is 4.42 Å². The summed E-state index contributed by atoms with van der Waals surface area (Å²) in [6.07, 6.45) is 0. The van der Waals surface area contributed by atoms with Crippen molar-refractivity contribution in [3.05, 3.63) is 41.8 Å². The van der Waals surface area contributed by atoms with Gasteiger partial charge >= 0.3 is 0 Å². The van der Waals surface area contributed by atoms with Crippen LogP contribution in [-0.4, -0.2) is 4.98 Å². The van der Waals surface area contributed by atoms with Crippen molar-refractivity contribution in [2.24, 2.45) is 0 Å². The highest BCUT2D eigenvalue weighted by atomic mass is 16.3. The predicted octanol–water partition coefficient (Wildman–Crippen LogP) is 2.96. The molecular weight excluding hydrogens is 162 g/mol. The molecule has 0 aliphatic rings. The fourth-order valence-corrected chi connectivity index (χ4v) is 1.25. The molecule has 13 heavy (non-hydrogen) atoms. The Kier molecular flexibility index (Phi) is 1.89. The Morgan fingerprint density at radius 3 is 2.54 bits per heavy atom. The number of pyridine rings is 1. The van der Waals surface area contributed by atoms with Gasteiger partial charge in [0.15, 0.2) is 5.76 Å². The van der Waals surface area contributed by atoms with Gasteiger partial charge in [-0.05, 0) is 38.1 Å². The third-order valence-corrected chi connectivity index (χ3v) is 1.88. The van der Waals surface area contributed by atoms with Crippen LogP contribution in [0.3, 0.4) is 0 Å². The summed E-state index contributed by atoms with van der Waals surface area (Å²) in [7, 11) is 0. The lowest BCUT2D eigenvalue weighted by molar-refractivity contribution is 0.546. The van der Waals surface area contributed by atoms with E-state index in [1.807, 2.05) is 44.2 Å². The van der Waals surface area contributed by atoms with Crippen LogP contribution in [0, 0.1) is 13.8 Å². The molecule has 0 aromatic carbocycles. The van der Waals surface area contributed by atoms with Crippen molar-refractivity contribution >= 4 is 0 Å². The van der Waals surface area contributed by atoms with Crippen LogP contribution in [-0.2, 0) is 0 Å². The molecule has 0 unspecified atom stereocenters. The Hall–Kier alpha value is -1.57. The van der Waals surface area contributed by atoms with E-state index >= 15 is 0 Å². The third-order valence-electron chi connectivity index (χ3n) is 1.88. The fourth-order valence-electron chi connectivity index (χ4n) is 1.25. The van der Waals surface area contributed by atoms with Crippen LogP contribution in [0.25, 0.3) is 11.5 Å². The summed E-state index contributed by atoms with van der Waals surface area (Å²) in [6, 6.07) is 9.79. The molecule has 0 bridgehead atoms. The smallest absolute Gasteiger partial charge is 0.152 e. The maximum Gasteiger partial charge on any atom is 0.152 e. The molecule has 0 fully saturated rings. The van der Waals surface area contributed by atoms with Crippen LogP contribution in [0.2, 0.25) is 0 Å². The van der Waals surface area contributed by atoms with E-state index in [4.69, 9.17) is 4.42 Å². The second-order valence-corrected chi connectivity index (χ2v) is 3.07. The Morgan fingerprint density at radius 1 is 1.08 bits per heavy atom. The van der Waals surface area contributed by atoms with Gasteiger partial charge in [-0.15, -0.1) is 0 Å². The Bertz CT molecular complexity index is 418. The minimum absolute atomic E-state index is 0.834. The largest absolute Gasteiger partial charge is 0.460 e. The van der Waals surface area contributed by atoms with E-state index in [1.54, 1.807) is 0 Å². The summed E-state index contributed by atoms with van der Waals surface area (Å²) in [5.41, 5.74) is 1.90. The van der Waals surface area contributed by atoms with Gasteiger partial charge in [0.05, 0.1) is 0 Å². The van der Waals surface area contributed by atoms with Gasteiger partial charge in [-0.3, -0.25) is 0 Å². The first-order chi connectivity index (χ1) is 6.25. The van der Waals surface area contributed by atoms with Crippen molar-refractivity contribution in [3.8, 4) is 11.5 Å². The molecule has 2 aromatic rings. The van der Waals surface area contributed by atoms with Crippen LogP contribution in [0.1, 0.15) is 11.5 Å². The van der Waals surface area contributed by atoms with Gasteiger partial charge in [-0.1, -0.05) is 6.07 Å². The van der Waals surface area contributed by atoms with E-state index in [2.05, 4.69) is 4.98 Å². The number of hydrogen-bond donors (Lipinski definition) is 0. The van der Waals surface area contributed by atoms with Crippen LogP contribution < -0.4 is 0 Å². The van der Waals surface area contributed by atoms with Gasteiger partial charge in [0.25, 0.3) is 0 Å². The van der Waals surface area contributed by atoms with Crippen molar-refractivity contribution < 1.29 is 4.42 Å². The summed E-state index contributed by atoms with van der Waals surface area (Å²) in [4.78, 5) is 4.36. The van der Waals surface area contributed by atoms with Crippen molar-refractivity contribution in [2.75, 3.05) is 0 Å². The lowest BCUT2D eigenvalue weighted by Crippen LogP contribution is -1.83. The van der Waals surface area contributed by atoms with Gasteiger partial charge in [0.2, 0.25) is 0 Å². The minimum atomic E-state index is 0.834. The third kappa shape index (κ3) is 1.61. The molecule has 0 N–H and O–H groups in total. The Balaban J connectivity index is 2.46. The van der Waals surface area contributed by atoms with Crippen LogP contribution >= 0.6 is 0 Å². The molecule has 0 aliphatic heterocycles. The highest BCUT2D eigenvalue weighted by Gasteiger charge is 2.02. The first-order valence-electron chi connectivity index (χ1n) is 4.26. The number of furan rings is 1. The first kappa shape index (κ1) is 8.05. The SMILES string of the molecule is Cc1cccc(-c2ccc(C)o2)n1. The molecular formula is C11H11NO. The van der Waals surface area contributed by atoms with Crippen molar-refractivity contribution in [2.45, 2.75) is 13.8 Å². The second-order valence-electron chi connectivity index (χ2n) is 3.07. The molecule has 0 atom stereocenters. The van der Waals surface area contributed by atoms with Crippen LogP contribution in [0.4, 0.5) is 0 Å². The van der Waals surface area contributed by atoms with E-state index in [9.17, 15) is 0 Å². The molecule has 0 aliphatic carbocycles. The molecule has 66 valence electrons. The van der Waals surface area contributed by atoms with Gasteiger partial charge in [0.1, 0.15) is 11.5 Å². The maximum atomic E-state index is 5.46. The molecule has 0 spiro atoms. The summed E-state index contributed by atoms with van der Waals surface area (Å²) < 4.78 is 5.46. The average Bonchev–Trinajstić information content (AvgIpc) is 2.52. The number of nitrogens with zero attached hydrogens (tertiary/aromatic N) is 1. The van der Waals surface area contributed by atoms with E-state index in [0.29, 0.717) is 0 Å². The average molecular weight is 173 g/mol. The number of rotatable bonds is 1. The van der Waals surface area contributed by atoms with Crippen molar-refractivity contribution in [1.82, 2.24) is 4.98 Å². The molecule has 0 radical (unpaired) electrons. The molecule has 2 heterocycles. The maximum absolute atomic E-state index is 5.46. The van der Waals surface area contributed by atoms with E-state index < -0.39 is 0 Å². The first-order valence-corrected chi connectivity index (χ1v) is 4.26. The number of aromatic nitrogens is 1. The minimum Gasteiger partial charge on any atom is -0.460 e. The summed E-state index contributed by atoms with van der Waals surface area (Å²) in [5.74, 6) is 1.75. The molecule has 2 rings (SSSR count). The second kappa shape index (κ2) is 3.05. The summed E-state index contributed by atoms with van der Waals surface area (Å²) in [5, 5.41) is 0. The van der Waals surface area contributed by atoms with Gasteiger partial charge in [-0.25, -0.2) is 4.98 Å². The molecule has 2 aromatic heterocycles. The Labute approximate surface area is 77.2 Å². The molecule has 2 heteroatoms. The quantitative estimate of drug-likeness (QED) is 0.662. The highest BCUT2D eigenvalue weighted by Crippen LogP contribution is 2.19. The van der Waals surface area contributed by atoms with Crippen molar-refractivity contribution in [1.29, 1.82) is 0 Å². The summed E-state index contributed by atoms with van der Waals surface area (Å²) >= 11 is 0. The standard InChI is InChI=1S/C11H11NO/c1-8-4-3-5-10(12-8)11-7-6-9(2)13-11/h3-7H,1-2H3. The van der Waals surface area contributed by atoms with E-state index in [1.165, 1.54) is 0 Å². The molecule has 0 amide bonds. The van der Waals surface area contributed by atoms with Crippen molar-refractivity contribution in [3.63, 3.8) is 0 Å².